The molecule has 12 unspecified atom stereocenters. The Labute approximate surface area is 745 Å². The van der Waals surface area contributed by atoms with Gasteiger partial charge in [0.05, 0.1) is 63.3 Å². The summed E-state index contributed by atoms with van der Waals surface area (Å²) in [4.78, 5) is 157. The molecule has 12 aromatic rings. The molecule has 9 fully saturated rings. The maximum absolute atomic E-state index is 15.9. The average Bonchev–Trinajstić information content (AvgIpc) is 1.61. The van der Waals surface area contributed by atoms with Gasteiger partial charge in [-0.15, -0.1) is 0 Å². The molecule has 726 valence electrons. The van der Waals surface area contributed by atoms with Gasteiger partial charge >= 0.3 is 46.3 Å². The third kappa shape index (κ3) is 18.2. The maximum Gasteiger partial charge on any atom is 0.472 e. The SMILES string of the molecule is Cc1ncc2ncn([C@@H]3O[C@@H]4COP(=O)(O)OC5[C@@H](O)[C@@H](OCP(=O)(O)O[C@@H]4C3O)O[C@H]5n3cnc4c(=O)[nH]c(N)nc43)c2n1.Nc1nc2c(ncn2[C@@H]2O[C@@H]3OCP(=O)(O)O[C@@H]4C(F)[C@H](n5cnc6c(N)ccnc65)O[C@@H]4COP(=O)(O)OC2[C@H]3O)c(=O)[nH]1.Nc1nc2c(ncn2[C@@H]2O[C@@H]3OCP(=O)(O)O[C@@H]4C(O)[C@H](n5ccc6c(N)ccnc65)O[C@@H]4COP(=O)(O)OC2[C@H]3O)c(=O)[nH]1. The second-order valence-corrected chi connectivity index (χ2v) is 40.4. The number of ether oxygens (including phenoxy) is 9. The molecule has 71 heteroatoms. The standard InChI is InChI=1S/C22H26N8O13P2.C21H24FN9O12P2.C21H25N9O13P2/c23-9-1-3-25-16-8(9)2-4-29(16)19-12(31)14-10(40-19)5-39-45(36,37)43-15-13(32)21(38-7-44(34,35)42-14)41-20(15)30-6-26-11-17(30)27-22(24)28-18(11)33;22-9-13-8(40-18(9)30-4-26-10-7(23)1-2-25-15(10)30)3-39-45(36,37)43-14-12(32)20(38-6-44(34,35)42-13)41-19(14)31-5-27-11-16(31)28-21(24)29-17(11)33;1-7-23-2-8-15(26-7)29(4-24-8)18-11(31)13-9(40-18)3-39-45(36,37)43-14-12(32)20(38-6-44(34,35)42-13)41-19(14)30-5-25-10-16(30)27-21(22)28-17(10)33/h1-4,6,10,12-15,19-21,31-32H,5,7H2,(H2,23,25)(H,34,35)(H,36,37)(H3,24,27,28,33);1-2,4-5,8-9,12-14,18-20,32H,3,6H2,(H2,23,25)(H,34,35)(H,36,37)(H3,24,28,29,33);2,4-5,9,11-14,18-20,31-32H,3,6H2,1H3,(H,34,35)(H,36,37)(H3,22,27,28,33)/t10-,12?,13-,14+,15?,19-,20-,21+;8-,9?,12-,13+,14?,18-,19-,20+;9-,11?,12-,13+,14?,18-,19-,20+/m111/s1. The van der Waals surface area contributed by atoms with Crippen LogP contribution in [-0.4, -0.2) is 306 Å². The summed E-state index contributed by atoms with van der Waals surface area (Å²) in [5.41, 5.74) is 27.7. The molecule has 21 heterocycles. The molecule has 0 amide bonds. The summed E-state index contributed by atoms with van der Waals surface area (Å²) in [6.07, 6.45) is -31.4. The van der Waals surface area contributed by atoms with Crippen LogP contribution in [0.4, 0.5) is 33.6 Å². The minimum Gasteiger partial charge on any atom is -0.398 e. The number of nitrogens with one attached hydrogen (secondary N) is 3. The van der Waals surface area contributed by atoms with Gasteiger partial charge in [0.15, 0.2) is 126 Å². The van der Waals surface area contributed by atoms with Crippen molar-refractivity contribution in [2.75, 3.05) is 67.5 Å². The fourth-order valence-electron chi connectivity index (χ4n) is 16.0. The number of phosphoric ester groups is 3. The van der Waals surface area contributed by atoms with Crippen molar-refractivity contribution in [1.82, 2.24) is 102 Å². The molecule has 0 saturated carbocycles. The van der Waals surface area contributed by atoms with E-state index in [1.165, 1.54) is 57.2 Å². The van der Waals surface area contributed by atoms with Crippen LogP contribution in [0.15, 0.2) is 89.0 Å². The van der Waals surface area contributed by atoms with Gasteiger partial charge in [-0.25, -0.2) is 62.9 Å². The number of aliphatic hydroxyl groups excluding tert-OH is 5. The number of hydrogen-bond donors (Lipinski definition) is 19. The highest BCUT2D eigenvalue weighted by Crippen LogP contribution is 2.59. The number of alkyl halides is 1. The number of imidazole rings is 5. The Bertz CT molecular complexity index is 6560. The molecule has 0 aliphatic carbocycles. The highest BCUT2D eigenvalue weighted by Gasteiger charge is 2.60. The number of phosphoric acid groups is 3. The lowest BCUT2D eigenvalue weighted by atomic mass is 10.1. The second-order valence-electron chi connectivity index (χ2n) is 31.0. The number of nitrogen functional groups attached to an aromatic ring is 5. The summed E-state index contributed by atoms with van der Waals surface area (Å²) in [5, 5.41) is 55.8. The maximum atomic E-state index is 15.9. The summed E-state index contributed by atoms with van der Waals surface area (Å²) in [6, 6.07) is 4.68. The van der Waals surface area contributed by atoms with Crippen molar-refractivity contribution in [3.63, 3.8) is 0 Å². The molecular formula is C64H75FN26O38P6. The molecule has 21 rings (SSSR count). The number of nitrogens with zero attached hydrogens (tertiary/aromatic N) is 18. The van der Waals surface area contributed by atoms with Crippen LogP contribution in [0.2, 0.25) is 0 Å². The summed E-state index contributed by atoms with van der Waals surface area (Å²) < 4.78 is 200. The van der Waals surface area contributed by atoms with E-state index in [0.29, 0.717) is 28.1 Å². The summed E-state index contributed by atoms with van der Waals surface area (Å²) in [5.74, 6) is -0.476. The number of pyridine rings is 2. The number of fused-ring (bicyclic) bond motifs is 15. The molecule has 0 spiro atoms. The minimum atomic E-state index is -5.16. The first-order valence-corrected chi connectivity index (χ1v) is 49.1. The minimum absolute atomic E-state index is 0.128. The van der Waals surface area contributed by atoms with E-state index < -0.39 is 250 Å². The first-order valence-electron chi connectivity index (χ1n) is 39.3. The fourth-order valence-corrected chi connectivity index (χ4v) is 21.9. The predicted molar refractivity (Wildman–Crippen MR) is 436 cm³/mol. The third-order valence-electron chi connectivity index (χ3n) is 22.0. The van der Waals surface area contributed by atoms with Crippen molar-refractivity contribution in [2.45, 2.75) is 155 Å². The molecule has 135 heavy (non-hydrogen) atoms. The Hall–Kier alpha value is -9.94. The number of H-pyrrole nitrogens is 3. The summed E-state index contributed by atoms with van der Waals surface area (Å²) in [6.45, 7) is -0.847. The smallest absolute Gasteiger partial charge is 0.398 e. The number of aromatic amines is 3. The summed E-state index contributed by atoms with van der Waals surface area (Å²) in [7, 11) is -29.8. The molecule has 9 aliphatic heterocycles. The Morgan fingerprint density at radius 2 is 0.748 bits per heavy atom. The lowest BCUT2D eigenvalue weighted by Gasteiger charge is -2.26. The molecule has 9 aliphatic rings. The monoisotopic (exact) mass is 2020 g/mol. The van der Waals surface area contributed by atoms with Crippen LogP contribution in [0.3, 0.4) is 0 Å². The van der Waals surface area contributed by atoms with Crippen molar-refractivity contribution < 1.29 is 170 Å². The van der Waals surface area contributed by atoms with E-state index in [4.69, 9.17) is 112 Å². The number of aromatic nitrogens is 21. The normalized spacial score (nSPS) is 37.7. The van der Waals surface area contributed by atoms with E-state index in [1.54, 1.807) is 19.1 Å². The van der Waals surface area contributed by atoms with Gasteiger partial charge < -0.3 is 131 Å². The number of aryl methyl sites for hydroxylation is 1. The van der Waals surface area contributed by atoms with Gasteiger partial charge in [-0.1, -0.05) is 0 Å². The number of rotatable bonds is 6. The van der Waals surface area contributed by atoms with E-state index in [2.05, 4.69) is 74.8 Å². The first-order chi connectivity index (χ1) is 63.9. The molecule has 24 N–H and O–H groups in total. The van der Waals surface area contributed by atoms with Crippen molar-refractivity contribution >= 4 is 142 Å². The average molecular weight is 2020 g/mol. The molecular weight excluding hydrogens is 1950 g/mol. The van der Waals surface area contributed by atoms with Crippen molar-refractivity contribution in [1.29, 1.82) is 0 Å². The number of aliphatic hydroxyl groups is 5. The molecule has 30 atom stereocenters. The van der Waals surface area contributed by atoms with Crippen molar-refractivity contribution in [2.24, 2.45) is 0 Å². The predicted octanol–water partition coefficient (Wildman–Crippen LogP) is -3.51. The molecule has 6 bridgehead atoms. The second kappa shape index (κ2) is 35.5. The van der Waals surface area contributed by atoms with Crippen molar-refractivity contribution in [3.05, 3.63) is 112 Å². The van der Waals surface area contributed by atoms with Crippen LogP contribution in [0.1, 0.15) is 43.2 Å². The zero-order chi connectivity index (χ0) is 95.5. The number of nitrogens with two attached hydrogens (primary N) is 5. The van der Waals surface area contributed by atoms with Crippen LogP contribution in [0, 0.1) is 6.92 Å². The van der Waals surface area contributed by atoms with Crippen LogP contribution < -0.4 is 45.3 Å². The van der Waals surface area contributed by atoms with Crippen LogP contribution >= 0.6 is 46.3 Å². The zero-order valence-electron chi connectivity index (χ0n) is 68.0. The molecule has 12 aromatic heterocycles. The van der Waals surface area contributed by atoms with Crippen LogP contribution in [0.5, 0.6) is 0 Å². The Kier molecular flexibility index (Phi) is 24.7. The van der Waals surface area contributed by atoms with Gasteiger partial charge in [-0.2, -0.15) is 15.0 Å². The zero-order valence-corrected chi connectivity index (χ0v) is 73.3. The Morgan fingerprint density at radius 1 is 0.385 bits per heavy atom. The number of hydrogen-bond acceptors (Lipinski definition) is 49. The van der Waals surface area contributed by atoms with E-state index in [9.17, 15) is 96.7 Å². The molecule has 64 nitrogen and oxygen atoms in total. The van der Waals surface area contributed by atoms with Gasteiger partial charge in [-0.05, 0) is 25.1 Å². The van der Waals surface area contributed by atoms with Crippen LogP contribution in [-0.2, 0) is 111 Å². The third-order valence-corrected chi connectivity index (χ3v) is 28.1. The van der Waals surface area contributed by atoms with E-state index in [-0.39, 0.29) is 73.8 Å². The fraction of sp³-hybridized carbons (Fsp3) is 0.484. The van der Waals surface area contributed by atoms with E-state index in [0.717, 1.165) is 32.7 Å². The number of halogens is 1. The van der Waals surface area contributed by atoms with E-state index >= 15 is 4.39 Å². The molecule has 0 aromatic carbocycles. The van der Waals surface area contributed by atoms with Gasteiger partial charge in [0, 0.05) is 29.7 Å². The van der Waals surface area contributed by atoms with Gasteiger partial charge in [-0.3, -0.25) is 107 Å². The summed E-state index contributed by atoms with van der Waals surface area (Å²) >= 11 is 0. The van der Waals surface area contributed by atoms with Gasteiger partial charge in [0.25, 0.3) is 16.7 Å². The van der Waals surface area contributed by atoms with Crippen molar-refractivity contribution in [3.8, 4) is 0 Å². The lowest BCUT2D eigenvalue weighted by molar-refractivity contribution is -0.168. The van der Waals surface area contributed by atoms with Gasteiger partial charge in [0.2, 0.25) is 17.8 Å². The molecule has 0 radical (unpaired) electrons. The number of anilines is 5. The Morgan fingerprint density at radius 3 is 1.19 bits per heavy atom. The topological polar surface area (TPSA) is 904 Å². The van der Waals surface area contributed by atoms with Gasteiger partial charge in [0.1, 0.15) is 108 Å². The van der Waals surface area contributed by atoms with Crippen LogP contribution in [0.25, 0.3) is 66.9 Å². The lowest BCUT2D eigenvalue weighted by Crippen LogP contribution is -2.36. The first kappa shape index (κ1) is 94.0. The quantitative estimate of drug-likeness (QED) is 0.0718. The Balaban J connectivity index is 0.000000130. The highest BCUT2D eigenvalue weighted by atomic mass is 31.2. The van der Waals surface area contributed by atoms with E-state index in [1.807, 2.05) is 0 Å². The largest absolute Gasteiger partial charge is 0.472 e. The molecule has 9 saturated heterocycles. The highest BCUT2D eigenvalue weighted by molar-refractivity contribution is 7.53.